The fourth-order valence-corrected chi connectivity index (χ4v) is 1.74. The summed E-state index contributed by atoms with van der Waals surface area (Å²) >= 11 is 9.09. The van der Waals surface area contributed by atoms with Crippen molar-refractivity contribution >= 4 is 33.2 Å². The molecular formula is C12H9BrClFN2. The molecule has 0 spiro atoms. The van der Waals surface area contributed by atoms with Crippen LogP contribution < -0.4 is 5.32 Å². The van der Waals surface area contributed by atoms with Crippen molar-refractivity contribution in [2.45, 2.75) is 6.54 Å². The fraction of sp³-hybridized carbons (Fsp3) is 0.0833. The van der Waals surface area contributed by atoms with Crippen molar-refractivity contribution in [3.8, 4) is 0 Å². The normalized spacial score (nSPS) is 10.3. The first kappa shape index (κ1) is 12.3. The molecule has 0 aliphatic carbocycles. The maximum Gasteiger partial charge on any atom is 0.146 e. The van der Waals surface area contributed by atoms with E-state index in [1.54, 1.807) is 12.3 Å². The van der Waals surface area contributed by atoms with Crippen LogP contribution >= 0.6 is 27.5 Å². The second kappa shape index (κ2) is 5.47. The molecule has 5 heteroatoms. The van der Waals surface area contributed by atoms with Crippen LogP contribution in [0.1, 0.15) is 5.69 Å². The van der Waals surface area contributed by atoms with E-state index in [1.165, 1.54) is 12.1 Å². The van der Waals surface area contributed by atoms with Crippen LogP contribution in [0.4, 0.5) is 10.1 Å². The number of hydrogen-bond donors (Lipinski definition) is 1. The molecule has 0 aliphatic rings. The van der Waals surface area contributed by atoms with Crippen LogP contribution in [-0.2, 0) is 6.54 Å². The standard InChI is InChI=1S/C12H9BrClFN2/c13-8-1-3-10(16-6-8)7-17-12-5-9(14)2-4-11(12)15/h1-6,17H,7H2. The summed E-state index contributed by atoms with van der Waals surface area (Å²) in [5.74, 6) is -0.327. The van der Waals surface area contributed by atoms with Crippen LogP contribution in [0.2, 0.25) is 5.02 Å². The third kappa shape index (κ3) is 3.41. The van der Waals surface area contributed by atoms with Crippen molar-refractivity contribution in [2.75, 3.05) is 5.32 Å². The minimum atomic E-state index is -0.327. The number of rotatable bonds is 3. The lowest BCUT2D eigenvalue weighted by Crippen LogP contribution is -2.02. The Labute approximate surface area is 112 Å². The van der Waals surface area contributed by atoms with Crippen LogP contribution in [0.3, 0.4) is 0 Å². The molecule has 0 radical (unpaired) electrons. The lowest BCUT2D eigenvalue weighted by Gasteiger charge is -2.07. The summed E-state index contributed by atoms with van der Waals surface area (Å²) in [6.45, 7) is 0.449. The van der Waals surface area contributed by atoms with Crippen molar-refractivity contribution in [1.82, 2.24) is 4.98 Å². The van der Waals surface area contributed by atoms with Gasteiger partial charge in [0.2, 0.25) is 0 Å². The van der Waals surface area contributed by atoms with Gasteiger partial charge in [0.25, 0.3) is 0 Å². The molecule has 1 heterocycles. The minimum absolute atomic E-state index is 0.327. The van der Waals surface area contributed by atoms with Gasteiger partial charge in [-0.25, -0.2) is 4.39 Å². The Morgan fingerprint density at radius 2 is 2.12 bits per heavy atom. The lowest BCUT2D eigenvalue weighted by molar-refractivity contribution is 0.630. The highest BCUT2D eigenvalue weighted by Crippen LogP contribution is 2.20. The molecular weight excluding hydrogens is 307 g/mol. The van der Waals surface area contributed by atoms with Gasteiger partial charge >= 0.3 is 0 Å². The largest absolute Gasteiger partial charge is 0.377 e. The van der Waals surface area contributed by atoms with Crippen LogP contribution in [-0.4, -0.2) is 4.98 Å². The van der Waals surface area contributed by atoms with Crippen molar-refractivity contribution in [1.29, 1.82) is 0 Å². The molecule has 2 aromatic rings. The van der Waals surface area contributed by atoms with Gasteiger partial charge in [-0.2, -0.15) is 0 Å². The summed E-state index contributed by atoms with van der Waals surface area (Å²) in [6, 6.07) is 8.15. The Hall–Kier alpha value is -1.13. The van der Waals surface area contributed by atoms with Gasteiger partial charge in [0.05, 0.1) is 17.9 Å². The molecule has 0 saturated carbocycles. The van der Waals surface area contributed by atoms with Gasteiger partial charge in [0, 0.05) is 15.7 Å². The smallest absolute Gasteiger partial charge is 0.146 e. The number of anilines is 1. The molecule has 0 fully saturated rings. The highest BCUT2D eigenvalue weighted by atomic mass is 79.9. The molecule has 0 aliphatic heterocycles. The topological polar surface area (TPSA) is 24.9 Å². The third-order valence-electron chi connectivity index (χ3n) is 2.18. The summed E-state index contributed by atoms with van der Waals surface area (Å²) in [6.07, 6.45) is 1.70. The van der Waals surface area contributed by atoms with Gasteiger partial charge in [0.1, 0.15) is 5.82 Å². The maximum absolute atomic E-state index is 13.4. The number of aromatic nitrogens is 1. The second-order valence-electron chi connectivity index (χ2n) is 3.45. The van der Waals surface area contributed by atoms with E-state index in [4.69, 9.17) is 11.6 Å². The number of pyridine rings is 1. The molecule has 0 amide bonds. The van der Waals surface area contributed by atoms with Crippen LogP contribution in [0.5, 0.6) is 0 Å². The zero-order valence-electron chi connectivity index (χ0n) is 8.75. The Morgan fingerprint density at radius 3 is 2.82 bits per heavy atom. The average Bonchev–Trinajstić information content (AvgIpc) is 2.32. The molecule has 0 saturated heterocycles. The predicted octanol–water partition coefficient (Wildman–Crippen LogP) is 4.25. The molecule has 17 heavy (non-hydrogen) atoms. The number of nitrogens with one attached hydrogen (secondary N) is 1. The molecule has 2 nitrogen and oxygen atoms in total. The van der Waals surface area contributed by atoms with Gasteiger partial charge in [-0.15, -0.1) is 0 Å². The zero-order valence-corrected chi connectivity index (χ0v) is 11.1. The maximum atomic E-state index is 13.4. The Kier molecular flexibility index (Phi) is 3.97. The van der Waals surface area contributed by atoms with E-state index >= 15 is 0 Å². The first-order valence-corrected chi connectivity index (χ1v) is 6.11. The average molecular weight is 316 g/mol. The van der Waals surface area contributed by atoms with E-state index in [0.717, 1.165) is 10.2 Å². The zero-order chi connectivity index (χ0) is 12.3. The van der Waals surface area contributed by atoms with Crippen molar-refractivity contribution in [2.24, 2.45) is 0 Å². The first-order chi connectivity index (χ1) is 8.15. The van der Waals surface area contributed by atoms with Gasteiger partial charge in [-0.1, -0.05) is 11.6 Å². The highest BCUT2D eigenvalue weighted by Gasteiger charge is 2.02. The molecule has 0 atom stereocenters. The number of hydrogen-bond acceptors (Lipinski definition) is 2. The van der Waals surface area contributed by atoms with E-state index in [1.807, 2.05) is 12.1 Å². The molecule has 1 aromatic heterocycles. The first-order valence-electron chi connectivity index (χ1n) is 4.94. The Balaban J connectivity index is 2.07. The summed E-state index contributed by atoms with van der Waals surface area (Å²) in [5.41, 5.74) is 1.20. The lowest BCUT2D eigenvalue weighted by atomic mass is 10.3. The summed E-state index contributed by atoms with van der Waals surface area (Å²) in [7, 11) is 0. The summed E-state index contributed by atoms with van der Waals surface area (Å²) < 4.78 is 14.3. The SMILES string of the molecule is Fc1ccc(Cl)cc1NCc1ccc(Br)cn1. The van der Waals surface area contributed by atoms with Gasteiger partial charge in [-0.3, -0.25) is 4.98 Å². The van der Waals surface area contributed by atoms with Crippen molar-refractivity contribution in [3.05, 3.63) is 57.5 Å². The van der Waals surface area contributed by atoms with E-state index in [2.05, 4.69) is 26.2 Å². The summed E-state index contributed by atoms with van der Waals surface area (Å²) in [5, 5.41) is 3.45. The molecule has 0 unspecified atom stereocenters. The van der Waals surface area contributed by atoms with Crippen LogP contribution in [0.25, 0.3) is 0 Å². The van der Waals surface area contributed by atoms with Crippen molar-refractivity contribution < 1.29 is 4.39 Å². The van der Waals surface area contributed by atoms with E-state index in [-0.39, 0.29) is 5.82 Å². The minimum Gasteiger partial charge on any atom is -0.377 e. The number of halogens is 3. The highest BCUT2D eigenvalue weighted by molar-refractivity contribution is 9.10. The number of nitrogens with zero attached hydrogens (tertiary/aromatic N) is 1. The molecule has 1 N–H and O–H groups in total. The van der Waals surface area contributed by atoms with Gasteiger partial charge in [-0.05, 0) is 46.3 Å². The summed E-state index contributed by atoms with van der Waals surface area (Å²) in [4.78, 5) is 4.18. The fourth-order valence-electron chi connectivity index (χ4n) is 1.33. The Morgan fingerprint density at radius 1 is 1.29 bits per heavy atom. The monoisotopic (exact) mass is 314 g/mol. The van der Waals surface area contributed by atoms with Gasteiger partial charge < -0.3 is 5.32 Å². The molecule has 88 valence electrons. The predicted molar refractivity (Wildman–Crippen MR) is 70.7 cm³/mol. The molecule has 1 aromatic carbocycles. The molecule has 0 bridgehead atoms. The van der Waals surface area contributed by atoms with E-state index in [9.17, 15) is 4.39 Å². The molecule has 2 rings (SSSR count). The quantitative estimate of drug-likeness (QED) is 0.916. The van der Waals surface area contributed by atoms with Crippen LogP contribution in [0, 0.1) is 5.82 Å². The second-order valence-corrected chi connectivity index (χ2v) is 4.80. The van der Waals surface area contributed by atoms with E-state index in [0.29, 0.717) is 17.3 Å². The van der Waals surface area contributed by atoms with Gasteiger partial charge in [0.15, 0.2) is 0 Å². The number of benzene rings is 1. The van der Waals surface area contributed by atoms with Crippen LogP contribution in [0.15, 0.2) is 41.0 Å². The third-order valence-corrected chi connectivity index (χ3v) is 2.88. The Bertz CT molecular complexity index is 516. The van der Waals surface area contributed by atoms with Crippen molar-refractivity contribution in [3.63, 3.8) is 0 Å². The van der Waals surface area contributed by atoms with E-state index < -0.39 is 0 Å².